The third kappa shape index (κ3) is 3.10. The van der Waals surface area contributed by atoms with Gasteiger partial charge in [-0.15, -0.1) is 0 Å². The third-order valence-corrected chi connectivity index (χ3v) is 4.30. The van der Waals surface area contributed by atoms with Gasteiger partial charge in [0.2, 0.25) is 0 Å². The zero-order chi connectivity index (χ0) is 14.8. The number of rotatable bonds is 3. The quantitative estimate of drug-likeness (QED) is 0.786. The lowest BCUT2D eigenvalue weighted by Crippen LogP contribution is -2.41. The van der Waals surface area contributed by atoms with Crippen LogP contribution in [0.3, 0.4) is 0 Å². The van der Waals surface area contributed by atoms with Crippen molar-refractivity contribution in [1.29, 1.82) is 0 Å². The van der Waals surface area contributed by atoms with E-state index in [0.717, 1.165) is 41.9 Å². The number of piperidine rings is 1. The number of nitrogens with one attached hydrogen (secondary N) is 1. The zero-order valence-corrected chi connectivity index (χ0v) is 12.4. The van der Waals surface area contributed by atoms with Crippen molar-refractivity contribution in [2.24, 2.45) is 10.7 Å². The molecule has 0 aromatic heterocycles. The largest absolute Gasteiger partial charge is 0.391 e. The smallest absolute Gasteiger partial charge is 0.102 e. The highest BCUT2D eigenvalue weighted by Gasteiger charge is 2.28. The molecule has 3 atom stereocenters. The number of aliphatic hydroxyl groups is 1. The second-order valence-electron chi connectivity index (χ2n) is 5.93. The number of benzene rings is 1. The fourth-order valence-corrected chi connectivity index (χ4v) is 3.17. The van der Waals surface area contributed by atoms with E-state index in [-0.39, 0.29) is 6.04 Å². The molecular formula is C16H23N3O2. The molecule has 2 unspecified atom stereocenters. The molecule has 5 nitrogen and oxygen atoms in total. The molecule has 2 aliphatic rings. The van der Waals surface area contributed by atoms with Gasteiger partial charge in [0.25, 0.3) is 0 Å². The second kappa shape index (κ2) is 6.13. The molecule has 114 valence electrons. The number of hydrogen-bond donors (Lipinski definition) is 3. The lowest BCUT2D eigenvalue weighted by molar-refractivity contribution is 0.158. The first-order valence-corrected chi connectivity index (χ1v) is 7.57. The Bertz CT molecular complexity index is 542. The van der Waals surface area contributed by atoms with E-state index in [0.29, 0.717) is 19.1 Å². The Hall–Kier alpha value is -1.43. The predicted molar refractivity (Wildman–Crippen MR) is 82.8 cm³/mol. The van der Waals surface area contributed by atoms with Crippen LogP contribution in [0.5, 0.6) is 0 Å². The number of amidine groups is 1. The van der Waals surface area contributed by atoms with Crippen molar-refractivity contribution in [2.75, 3.05) is 13.7 Å². The number of methoxy groups -OCH3 is 1. The van der Waals surface area contributed by atoms with Crippen LogP contribution in [0.2, 0.25) is 0 Å². The van der Waals surface area contributed by atoms with Gasteiger partial charge in [-0.25, -0.2) is 4.99 Å². The van der Waals surface area contributed by atoms with Crippen molar-refractivity contribution < 1.29 is 9.84 Å². The van der Waals surface area contributed by atoms with E-state index in [1.54, 1.807) is 7.11 Å². The Kier molecular flexibility index (Phi) is 4.24. The number of ether oxygens (including phenoxy) is 1. The van der Waals surface area contributed by atoms with Gasteiger partial charge < -0.3 is 20.9 Å². The van der Waals surface area contributed by atoms with Gasteiger partial charge in [-0.2, -0.15) is 0 Å². The van der Waals surface area contributed by atoms with Crippen LogP contribution in [0.4, 0.5) is 5.69 Å². The van der Waals surface area contributed by atoms with Gasteiger partial charge >= 0.3 is 0 Å². The van der Waals surface area contributed by atoms with Gasteiger partial charge in [-0.3, -0.25) is 0 Å². The van der Waals surface area contributed by atoms with Gasteiger partial charge in [-0.05, 0) is 36.1 Å². The monoisotopic (exact) mass is 289 g/mol. The highest BCUT2D eigenvalue weighted by atomic mass is 16.5. The molecule has 0 radical (unpaired) electrons. The van der Waals surface area contributed by atoms with Crippen molar-refractivity contribution >= 4 is 11.5 Å². The lowest BCUT2D eigenvalue weighted by atomic mass is 10.0. The average Bonchev–Trinajstić information content (AvgIpc) is 2.75. The molecule has 1 fully saturated rings. The molecular weight excluding hydrogens is 266 g/mol. The number of nitrogens with two attached hydrogens (primary N) is 1. The molecule has 1 aliphatic heterocycles. The van der Waals surface area contributed by atoms with Crippen LogP contribution in [0.1, 0.15) is 36.4 Å². The van der Waals surface area contributed by atoms with Crippen LogP contribution in [-0.2, 0) is 11.2 Å². The average molecular weight is 289 g/mol. The molecule has 1 heterocycles. The summed E-state index contributed by atoms with van der Waals surface area (Å²) in [5.41, 5.74) is 9.08. The summed E-state index contributed by atoms with van der Waals surface area (Å²) in [6, 6.07) is 6.09. The molecule has 1 aliphatic carbocycles. The fraction of sp³-hybridized carbons (Fsp3) is 0.562. The molecule has 3 rings (SSSR count). The normalized spacial score (nSPS) is 30.2. The van der Waals surface area contributed by atoms with Gasteiger partial charge in [-0.1, -0.05) is 6.07 Å². The van der Waals surface area contributed by atoms with Crippen molar-refractivity contribution in [2.45, 2.75) is 43.9 Å². The van der Waals surface area contributed by atoms with Crippen LogP contribution >= 0.6 is 0 Å². The van der Waals surface area contributed by atoms with Crippen LogP contribution in [0.15, 0.2) is 23.2 Å². The Labute approximate surface area is 125 Å². The molecule has 1 saturated heterocycles. The zero-order valence-electron chi connectivity index (χ0n) is 12.4. The number of aliphatic imine (C=N–C) groups is 1. The van der Waals surface area contributed by atoms with Gasteiger partial charge in [0.15, 0.2) is 0 Å². The number of hydrogen-bond acceptors (Lipinski definition) is 4. The van der Waals surface area contributed by atoms with Gasteiger partial charge in [0, 0.05) is 20.0 Å². The molecule has 0 saturated carbocycles. The van der Waals surface area contributed by atoms with E-state index >= 15 is 0 Å². The van der Waals surface area contributed by atoms with E-state index in [1.807, 2.05) is 18.2 Å². The van der Waals surface area contributed by atoms with Gasteiger partial charge in [0.05, 0.1) is 30.5 Å². The highest BCUT2D eigenvalue weighted by Crippen LogP contribution is 2.32. The van der Waals surface area contributed by atoms with E-state index in [4.69, 9.17) is 15.5 Å². The first kappa shape index (κ1) is 14.5. The maximum absolute atomic E-state index is 9.84. The maximum Gasteiger partial charge on any atom is 0.102 e. The topological polar surface area (TPSA) is 79.9 Å². The van der Waals surface area contributed by atoms with Crippen molar-refractivity contribution in [3.8, 4) is 0 Å². The lowest BCUT2D eigenvalue weighted by Gasteiger charge is -2.25. The summed E-state index contributed by atoms with van der Waals surface area (Å²) >= 11 is 0. The molecule has 1 aromatic rings. The summed E-state index contributed by atoms with van der Waals surface area (Å²) in [5.74, 6) is 1.01. The predicted octanol–water partition coefficient (Wildman–Crippen LogP) is 1.42. The van der Waals surface area contributed by atoms with E-state index in [1.165, 1.54) is 0 Å². The van der Waals surface area contributed by atoms with Crippen molar-refractivity contribution in [3.63, 3.8) is 0 Å². The Morgan fingerprint density at radius 3 is 3.14 bits per heavy atom. The summed E-state index contributed by atoms with van der Waals surface area (Å²) in [4.78, 5) is 4.70. The SMILES string of the molecule is COCC1CCCC(=Nc2ccc3c(c2)C(N)[C@H](O)C3)N1. The van der Waals surface area contributed by atoms with E-state index in [2.05, 4.69) is 5.32 Å². The Balaban J connectivity index is 1.77. The fourth-order valence-electron chi connectivity index (χ4n) is 3.17. The summed E-state index contributed by atoms with van der Waals surface area (Å²) in [6.07, 6.45) is 3.38. The molecule has 5 heteroatoms. The minimum absolute atomic E-state index is 0.291. The van der Waals surface area contributed by atoms with Crippen LogP contribution in [-0.4, -0.2) is 36.8 Å². The van der Waals surface area contributed by atoms with Crippen molar-refractivity contribution in [3.05, 3.63) is 29.3 Å². The molecule has 0 bridgehead atoms. The van der Waals surface area contributed by atoms with Crippen molar-refractivity contribution in [1.82, 2.24) is 5.32 Å². The second-order valence-corrected chi connectivity index (χ2v) is 5.93. The first-order chi connectivity index (χ1) is 10.2. The van der Waals surface area contributed by atoms with E-state index in [9.17, 15) is 5.11 Å². The first-order valence-electron chi connectivity index (χ1n) is 7.57. The number of nitrogens with zero attached hydrogens (tertiary/aromatic N) is 1. The summed E-state index contributed by atoms with van der Waals surface area (Å²) in [5, 5.41) is 13.3. The summed E-state index contributed by atoms with van der Waals surface area (Å²) in [6.45, 7) is 0.709. The van der Waals surface area contributed by atoms with Crippen LogP contribution in [0, 0.1) is 0 Å². The standard InChI is InChI=1S/C16H23N3O2/c1-21-9-12-3-2-4-15(19-12)18-11-6-5-10-7-14(20)16(17)13(10)8-11/h5-6,8,12,14,16,20H,2-4,7,9,17H2,1H3,(H,18,19)/t12?,14-,16?/m1/s1. The summed E-state index contributed by atoms with van der Waals surface area (Å²) < 4.78 is 5.20. The Morgan fingerprint density at radius 1 is 1.48 bits per heavy atom. The molecule has 21 heavy (non-hydrogen) atoms. The molecule has 1 aromatic carbocycles. The highest BCUT2D eigenvalue weighted by molar-refractivity contribution is 5.85. The van der Waals surface area contributed by atoms with Gasteiger partial charge in [0.1, 0.15) is 5.84 Å². The molecule has 0 spiro atoms. The minimum Gasteiger partial charge on any atom is -0.391 e. The van der Waals surface area contributed by atoms with Crippen LogP contribution in [0.25, 0.3) is 0 Å². The number of aliphatic hydroxyl groups excluding tert-OH is 1. The summed E-state index contributed by atoms with van der Waals surface area (Å²) in [7, 11) is 1.72. The molecule has 0 amide bonds. The van der Waals surface area contributed by atoms with Crippen LogP contribution < -0.4 is 11.1 Å². The third-order valence-electron chi connectivity index (χ3n) is 4.30. The Morgan fingerprint density at radius 2 is 2.33 bits per heavy atom. The molecule has 4 N–H and O–H groups in total. The maximum atomic E-state index is 9.84. The number of fused-ring (bicyclic) bond motifs is 1. The van der Waals surface area contributed by atoms with E-state index < -0.39 is 6.10 Å². The minimum atomic E-state index is -0.471.